The summed E-state index contributed by atoms with van der Waals surface area (Å²) in [6.07, 6.45) is 8.94. The summed E-state index contributed by atoms with van der Waals surface area (Å²) in [6, 6.07) is 0.153. The average molecular weight is 391 g/mol. The van der Waals surface area contributed by atoms with Gasteiger partial charge in [0.15, 0.2) is 0 Å². The lowest BCUT2D eigenvalue weighted by atomic mass is 10.1. The Bertz CT molecular complexity index is 621. The van der Waals surface area contributed by atoms with E-state index in [0.717, 1.165) is 16.8 Å². The molecule has 0 aromatic rings. The lowest BCUT2D eigenvalue weighted by Crippen LogP contribution is -2.33. The number of aldehydes is 1. The molecule has 0 rings (SSSR count). The van der Waals surface area contributed by atoms with Crippen LogP contribution in [0.15, 0.2) is 58.2 Å². The van der Waals surface area contributed by atoms with Crippen LogP contribution in [0.25, 0.3) is 0 Å². The number of nitrogens with one attached hydrogen (secondary N) is 1. The van der Waals surface area contributed by atoms with Crippen LogP contribution >= 0.6 is 11.8 Å². The third kappa shape index (κ3) is 11.0. The largest absolute Gasteiger partial charge is 0.342 e. The molecular formula is C20H30N4O2S. The molecule has 0 aliphatic heterocycles. The number of carbonyl (C=O) groups is 2. The lowest BCUT2D eigenvalue weighted by molar-refractivity contribution is -0.114. The van der Waals surface area contributed by atoms with Gasteiger partial charge in [0.2, 0.25) is 0 Å². The van der Waals surface area contributed by atoms with Crippen molar-refractivity contribution in [1.29, 1.82) is 0 Å². The Morgan fingerprint density at radius 3 is 2.56 bits per heavy atom. The van der Waals surface area contributed by atoms with Gasteiger partial charge in [-0.3, -0.25) is 14.8 Å². The van der Waals surface area contributed by atoms with Gasteiger partial charge >= 0.3 is 0 Å². The zero-order valence-corrected chi connectivity index (χ0v) is 17.3. The normalized spacial score (nSPS) is 12.5. The quantitative estimate of drug-likeness (QED) is 0.161. The summed E-state index contributed by atoms with van der Waals surface area (Å²) < 4.78 is 0. The first-order chi connectivity index (χ1) is 12.9. The van der Waals surface area contributed by atoms with Crippen LogP contribution in [0.3, 0.4) is 0 Å². The van der Waals surface area contributed by atoms with Gasteiger partial charge in [0.25, 0.3) is 5.91 Å². The number of nitrogens with zero attached hydrogens (tertiary/aromatic N) is 3. The van der Waals surface area contributed by atoms with E-state index in [1.165, 1.54) is 11.8 Å². The van der Waals surface area contributed by atoms with Gasteiger partial charge in [0.1, 0.15) is 12.0 Å². The molecule has 27 heavy (non-hydrogen) atoms. The van der Waals surface area contributed by atoms with Crippen molar-refractivity contribution >= 4 is 36.4 Å². The molecule has 0 heterocycles. The number of carbonyl (C=O) groups excluding carboxylic acids is 2. The molecule has 0 bridgehead atoms. The molecule has 1 amide bonds. The summed E-state index contributed by atoms with van der Waals surface area (Å²) in [7, 11) is 1.80. The second-order valence-electron chi connectivity index (χ2n) is 5.85. The molecule has 0 aliphatic carbocycles. The van der Waals surface area contributed by atoms with Crippen LogP contribution in [0.5, 0.6) is 0 Å². The molecular weight excluding hydrogens is 360 g/mol. The van der Waals surface area contributed by atoms with E-state index in [2.05, 4.69) is 35.3 Å². The fourth-order valence-electron chi connectivity index (χ4n) is 1.79. The van der Waals surface area contributed by atoms with Crippen molar-refractivity contribution in [2.45, 2.75) is 39.2 Å². The molecule has 1 N–H and O–H groups in total. The van der Waals surface area contributed by atoms with Crippen LogP contribution in [0.1, 0.15) is 33.1 Å². The highest BCUT2D eigenvalue weighted by Gasteiger charge is 2.13. The molecule has 0 atom stereocenters. The van der Waals surface area contributed by atoms with Gasteiger partial charge in [-0.1, -0.05) is 31.4 Å². The van der Waals surface area contributed by atoms with E-state index in [1.54, 1.807) is 30.4 Å². The van der Waals surface area contributed by atoms with Crippen molar-refractivity contribution in [3.8, 4) is 0 Å². The molecule has 148 valence electrons. The van der Waals surface area contributed by atoms with E-state index in [-0.39, 0.29) is 18.4 Å². The third-order valence-electron chi connectivity index (χ3n) is 3.48. The number of aliphatic imine (C=N–C) groups is 1. The number of rotatable bonds is 14. The summed E-state index contributed by atoms with van der Waals surface area (Å²) in [6.45, 7) is 14.9. The average Bonchev–Trinajstić information content (AvgIpc) is 2.64. The summed E-state index contributed by atoms with van der Waals surface area (Å²) >= 11 is 1.44. The van der Waals surface area contributed by atoms with Crippen molar-refractivity contribution < 1.29 is 9.59 Å². The first-order valence-corrected chi connectivity index (χ1v) is 9.61. The van der Waals surface area contributed by atoms with Crippen molar-refractivity contribution in [3.63, 3.8) is 0 Å². The van der Waals surface area contributed by atoms with Gasteiger partial charge in [-0.15, -0.1) is 11.8 Å². The Kier molecular flexibility index (Phi) is 13.4. The maximum absolute atomic E-state index is 12.4. The summed E-state index contributed by atoms with van der Waals surface area (Å²) in [5.74, 6) is 0.0674. The molecule has 0 radical (unpaired) electrons. The minimum absolute atomic E-state index is 0.153. The van der Waals surface area contributed by atoms with Crippen molar-refractivity contribution in [1.82, 2.24) is 10.3 Å². The first kappa shape index (κ1) is 24.6. The van der Waals surface area contributed by atoms with Crippen LogP contribution in [0.4, 0.5) is 0 Å². The first-order valence-electron chi connectivity index (χ1n) is 8.63. The SMILES string of the molecule is C=C/C=C(\C=C)C/C(=C/N=C)SCNC(=O)/C(CCC=O)=N/N(C)C(C)C. The Morgan fingerprint density at radius 2 is 2.04 bits per heavy atom. The van der Waals surface area contributed by atoms with E-state index < -0.39 is 0 Å². The molecule has 6 nitrogen and oxygen atoms in total. The topological polar surface area (TPSA) is 74.1 Å². The van der Waals surface area contributed by atoms with Gasteiger partial charge in [0, 0.05) is 43.5 Å². The van der Waals surface area contributed by atoms with E-state index >= 15 is 0 Å². The number of amides is 1. The molecule has 0 saturated carbocycles. The van der Waals surface area contributed by atoms with Crippen LogP contribution in [0, 0.1) is 0 Å². The highest BCUT2D eigenvalue weighted by Crippen LogP contribution is 2.23. The van der Waals surface area contributed by atoms with E-state index in [4.69, 9.17) is 0 Å². The maximum atomic E-state index is 12.4. The van der Waals surface area contributed by atoms with Crippen LogP contribution in [0.2, 0.25) is 0 Å². The smallest absolute Gasteiger partial charge is 0.268 e. The monoisotopic (exact) mass is 390 g/mol. The predicted octanol–water partition coefficient (Wildman–Crippen LogP) is 3.70. The van der Waals surface area contributed by atoms with Crippen LogP contribution in [-0.2, 0) is 9.59 Å². The van der Waals surface area contributed by atoms with E-state index in [1.807, 2.05) is 19.9 Å². The Hall–Kier alpha value is -2.41. The summed E-state index contributed by atoms with van der Waals surface area (Å²) in [5, 5.41) is 8.86. The Balaban J connectivity index is 4.94. The number of thioether (sulfide) groups is 1. The van der Waals surface area contributed by atoms with Gasteiger partial charge < -0.3 is 10.1 Å². The summed E-state index contributed by atoms with van der Waals surface area (Å²) in [5.41, 5.74) is 1.33. The standard InChI is InChI=1S/C20H30N4O2S/c1-7-10-17(8-2)13-18(14-21-5)27-15-22-20(26)19(11-9-12-25)23-24(6)16(3)4/h7-8,10,12,14,16H,1-2,5,9,11,13,15H2,3-4,6H3,(H,22,26)/b17-10+,18-14-,23-19+. The number of hydrogen-bond donors (Lipinski definition) is 1. The molecule has 0 saturated heterocycles. The lowest BCUT2D eigenvalue weighted by Gasteiger charge is -2.19. The second-order valence-corrected chi connectivity index (χ2v) is 6.95. The Morgan fingerprint density at radius 1 is 1.33 bits per heavy atom. The maximum Gasteiger partial charge on any atom is 0.268 e. The fraction of sp³-hybridized carbons (Fsp3) is 0.400. The van der Waals surface area contributed by atoms with E-state index in [0.29, 0.717) is 24.4 Å². The minimum atomic E-state index is -0.284. The third-order valence-corrected chi connectivity index (χ3v) is 4.39. The van der Waals surface area contributed by atoms with Crippen molar-refractivity contribution in [3.05, 3.63) is 48.1 Å². The second kappa shape index (κ2) is 14.7. The molecule has 0 aromatic carbocycles. The van der Waals surface area contributed by atoms with Gasteiger partial charge in [-0.25, -0.2) is 0 Å². The zero-order valence-electron chi connectivity index (χ0n) is 16.5. The van der Waals surface area contributed by atoms with Crippen LogP contribution < -0.4 is 5.32 Å². The number of hydrogen-bond acceptors (Lipinski definition) is 6. The molecule has 7 heteroatoms. The van der Waals surface area contributed by atoms with Gasteiger partial charge in [-0.05, 0) is 26.1 Å². The molecule has 0 spiro atoms. The van der Waals surface area contributed by atoms with Crippen LogP contribution in [-0.4, -0.2) is 48.6 Å². The number of allylic oxidation sites excluding steroid dienone is 5. The van der Waals surface area contributed by atoms with Crippen molar-refractivity contribution in [2.24, 2.45) is 10.1 Å². The fourth-order valence-corrected chi connectivity index (χ4v) is 2.60. The Labute approximate surface area is 166 Å². The van der Waals surface area contributed by atoms with E-state index in [9.17, 15) is 9.59 Å². The van der Waals surface area contributed by atoms with Gasteiger partial charge in [-0.2, -0.15) is 5.10 Å². The van der Waals surface area contributed by atoms with Gasteiger partial charge in [0.05, 0.1) is 5.88 Å². The molecule has 0 aliphatic rings. The number of hydrazone groups is 1. The van der Waals surface area contributed by atoms with Crippen molar-refractivity contribution in [2.75, 3.05) is 12.9 Å². The molecule has 0 aromatic heterocycles. The highest BCUT2D eigenvalue weighted by molar-refractivity contribution is 8.03. The highest BCUT2D eigenvalue weighted by atomic mass is 32.2. The zero-order chi connectivity index (χ0) is 20.7. The summed E-state index contributed by atoms with van der Waals surface area (Å²) in [4.78, 5) is 27.8. The molecule has 0 unspecified atom stereocenters. The molecule has 0 fully saturated rings. The minimum Gasteiger partial charge on any atom is -0.342 e. The predicted molar refractivity (Wildman–Crippen MR) is 117 cm³/mol.